The molecule has 0 N–H and O–H groups in total. The highest BCUT2D eigenvalue weighted by atomic mass is 32.2. The van der Waals surface area contributed by atoms with E-state index in [1.165, 1.54) is 156 Å². The summed E-state index contributed by atoms with van der Waals surface area (Å²) in [5, 5.41) is 0. The van der Waals surface area contributed by atoms with Gasteiger partial charge in [-0.1, -0.05) is 0 Å². The first-order valence-electron chi connectivity index (χ1n) is 25.1. The lowest BCUT2D eigenvalue weighted by Gasteiger charge is -1.94. The zero-order valence-corrected chi connectivity index (χ0v) is 54.1. The average Bonchev–Trinajstić information content (AvgIpc) is 4.32. The first-order chi connectivity index (χ1) is 39.5. The van der Waals surface area contributed by atoms with Crippen LogP contribution in [0.25, 0.3) is 156 Å². The first kappa shape index (κ1) is 49.8. The maximum atomic E-state index is 2.31. The molecule has 0 atom stereocenters. The summed E-state index contributed by atoms with van der Waals surface area (Å²) in [6.45, 7) is 0. The van der Waals surface area contributed by atoms with Crippen LogP contribution in [-0.2, 0) is 0 Å². The molecule has 17 rings (SSSR count). The summed E-state index contributed by atoms with van der Waals surface area (Å²) in [4.78, 5) is 42.4. The summed E-state index contributed by atoms with van der Waals surface area (Å²) in [5.74, 6) is 0. The molecular formula is C64H32S16. The third kappa shape index (κ3) is 9.24. The van der Waals surface area contributed by atoms with Gasteiger partial charge >= 0.3 is 0 Å². The lowest BCUT2D eigenvalue weighted by atomic mass is 10.3. The molecule has 0 fully saturated rings. The van der Waals surface area contributed by atoms with Crippen LogP contribution in [0.4, 0.5) is 0 Å². The topological polar surface area (TPSA) is 0 Å². The van der Waals surface area contributed by atoms with Gasteiger partial charge in [0.15, 0.2) is 0 Å². The van der Waals surface area contributed by atoms with E-state index < -0.39 is 0 Å². The molecular weight excluding hydrogens is 1280 g/mol. The second kappa shape index (κ2) is 20.5. The fraction of sp³-hybridized carbons (Fsp3) is 0. The smallest absolute Gasteiger partial charge is 0.0449 e. The summed E-state index contributed by atoms with van der Waals surface area (Å²) in [6, 6.07) is 73.9. The summed E-state index contributed by atoms with van der Waals surface area (Å²) in [5.41, 5.74) is 0. The molecule has 16 aromatic heterocycles. The van der Waals surface area contributed by atoms with Crippen molar-refractivity contribution in [1.82, 2.24) is 0 Å². The van der Waals surface area contributed by atoms with Gasteiger partial charge < -0.3 is 0 Å². The third-order valence-electron chi connectivity index (χ3n) is 13.6. The van der Waals surface area contributed by atoms with Crippen LogP contribution >= 0.6 is 181 Å². The molecule has 1 aliphatic heterocycles. The molecule has 0 saturated carbocycles. The van der Waals surface area contributed by atoms with Crippen LogP contribution in [0.1, 0.15) is 0 Å². The maximum Gasteiger partial charge on any atom is 0.0449 e. The quantitative estimate of drug-likeness (QED) is 0.142. The summed E-state index contributed by atoms with van der Waals surface area (Å²) < 4.78 is 0. The molecule has 0 saturated heterocycles. The largest absolute Gasteiger partial charge is 0.134 e. The molecule has 0 spiro atoms. The van der Waals surface area contributed by atoms with E-state index in [1.807, 2.05) is 181 Å². The molecule has 0 unspecified atom stereocenters. The van der Waals surface area contributed by atoms with Crippen molar-refractivity contribution in [3.8, 4) is 156 Å². The Labute approximate surface area is 525 Å². The van der Waals surface area contributed by atoms with Gasteiger partial charge in [0.2, 0.25) is 0 Å². The Morgan fingerprint density at radius 1 is 0.0750 bits per heavy atom. The van der Waals surface area contributed by atoms with Gasteiger partial charge in [-0.2, -0.15) is 0 Å². The van der Waals surface area contributed by atoms with E-state index in [4.69, 9.17) is 0 Å². The molecule has 16 aromatic rings. The van der Waals surface area contributed by atoms with E-state index >= 15 is 0 Å². The van der Waals surface area contributed by atoms with Gasteiger partial charge in [0.1, 0.15) is 0 Å². The van der Waals surface area contributed by atoms with Crippen LogP contribution in [0.5, 0.6) is 0 Å². The molecule has 0 nitrogen and oxygen atoms in total. The normalized spacial score (nSPS) is 12.0. The van der Waals surface area contributed by atoms with Crippen LogP contribution in [0.2, 0.25) is 0 Å². The van der Waals surface area contributed by atoms with Crippen molar-refractivity contribution in [2.75, 3.05) is 0 Å². The highest BCUT2D eigenvalue weighted by molar-refractivity contribution is 7.35. The zero-order valence-electron chi connectivity index (χ0n) is 41.0. The highest BCUT2D eigenvalue weighted by Crippen LogP contribution is 2.52. The zero-order chi connectivity index (χ0) is 52.4. The summed E-state index contributed by atoms with van der Waals surface area (Å²) >= 11 is 30.4. The van der Waals surface area contributed by atoms with Crippen molar-refractivity contribution in [2.24, 2.45) is 0 Å². The molecule has 0 aliphatic carbocycles. The van der Waals surface area contributed by atoms with Gasteiger partial charge in [-0.05, 0) is 194 Å². The van der Waals surface area contributed by atoms with Crippen LogP contribution in [-0.4, -0.2) is 0 Å². The second-order valence-electron chi connectivity index (χ2n) is 18.6. The molecule has 80 heavy (non-hydrogen) atoms. The van der Waals surface area contributed by atoms with Crippen molar-refractivity contribution in [2.45, 2.75) is 0 Å². The van der Waals surface area contributed by atoms with E-state index in [2.05, 4.69) is 194 Å². The fourth-order valence-corrected chi connectivity index (χ4v) is 27.2. The molecule has 384 valence electrons. The van der Waals surface area contributed by atoms with Gasteiger partial charge in [0, 0.05) is 156 Å². The van der Waals surface area contributed by atoms with E-state index in [-0.39, 0.29) is 0 Å². The molecule has 0 radical (unpaired) electrons. The molecule has 0 aromatic carbocycles. The molecule has 17 heterocycles. The Kier molecular flexibility index (Phi) is 12.8. The fourth-order valence-electron chi connectivity index (χ4n) is 9.64. The van der Waals surface area contributed by atoms with Crippen LogP contribution in [0.15, 0.2) is 194 Å². The lowest BCUT2D eigenvalue weighted by molar-refractivity contribution is 1.88. The lowest BCUT2D eigenvalue weighted by Crippen LogP contribution is -1.59. The number of thiophene rings is 16. The monoisotopic (exact) mass is 1310 g/mol. The van der Waals surface area contributed by atoms with E-state index in [1.54, 1.807) is 0 Å². The first-order valence-corrected chi connectivity index (χ1v) is 38.2. The van der Waals surface area contributed by atoms with Gasteiger partial charge in [-0.3, -0.25) is 0 Å². The van der Waals surface area contributed by atoms with Crippen molar-refractivity contribution in [1.29, 1.82) is 0 Å². The number of hydrogen-bond donors (Lipinski definition) is 0. The third-order valence-corrected chi connectivity index (χ3v) is 34.1. The second-order valence-corrected chi connectivity index (χ2v) is 36.0. The summed E-state index contributed by atoms with van der Waals surface area (Å²) in [6.07, 6.45) is 0. The van der Waals surface area contributed by atoms with Crippen molar-refractivity contribution < 1.29 is 0 Å². The molecule has 1 aliphatic rings. The standard InChI is InChI=1S/C64H32S16/c1-2-34-36-5-6-39(67-36)40-9-10-43(69-40)44-13-14-47(71-44)48-17-18-51(73-48)52-21-22-55(75-52)56-25-26-59(77-56)60-29-30-63(79-60)64-32-31-62(80-64)61-28-27-58(78-61)57-24-23-54(76-57)53-20-19-50(74-53)49-16-15-46(72-49)45-12-11-42(70-45)41-8-7-38(68-41)37-4-3-35(66-37)33(1)65-34/h1-32H. The van der Waals surface area contributed by atoms with Gasteiger partial charge in [0.05, 0.1) is 0 Å². The predicted octanol–water partition coefficient (Wildman–Crippen LogP) is 27.7. The van der Waals surface area contributed by atoms with Crippen molar-refractivity contribution >= 4 is 181 Å². The predicted molar refractivity (Wildman–Crippen MR) is 373 cm³/mol. The number of hydrogen-bond acceptors (Lipinski definition) is 16. The van der Waals surface area contributed by atoms with Gasteiger partial charge in [0.25, 0.3) is 0 Å². The average molecular weight is 1310 g/mol. The van der Waals surface area contributed by atoms with Gasteiger partial charge in [-0.15, -0.1) is 181 Å². The SMILES string of the molecule is c1cc2sc1-c1ccc(s1)-c1ccc(s1)-c1ccc(s1)-c1ccc(s1)-c1ccc(s1)-c1ccc(s1)-c1ccc(s1)-c1ccc(s1)-c1ccc(s1)-c1ccc(s1)-c1ccc(s1)-c1ccc(s1)-c1ccc(s1)-c1ccc(s1)-c1ccc-2s1. The summed E-state index contributed by atoms with van der Waals surface area (Å²) in [7, 11) is 0. The number of rotatable bonds is 0. The molecule has 32 bridgehead atoms. The minimum Gasteiger partial charge on any atom is -0.134 e. The Bertz CT molecular complexity index is 3400. The maximum absolute atomic E-state index is 2.31. The Morgan fingerprint density at radius 3 is 0.150 bits per heavy atom. The minimum absolute atomic E-state index is 1.33. The van der Waals surface area contributed by atoms with Crippen LogP contribution in [0, 0.1) is 0 Å². The highest BCUT2D eigenvalue weighted by Gasteiger charge is 2.20. The molecule has 16 heteroatoms. The Hall–Kier alpha value is -4.80. The Morgan fingerprint density at radius 2 is 0.113 bits per heavy atom. The van der Waals surface area contributed by atoms with Crippen molar-refractivity contribution in [3.05, 3.63) is 194 Å². The number of fused-ring (bicyclic) bond motifs is 48. The molecule has 0 amide bonds. The minimum atomic E-state index is 1.33. The van der Waals surface area contributed by atoms with Crippen molar-refractivity contribution in [3.63, 3.8) is 0 Å². The van der Waals surface area contributed by atoms with E-state index in [0.717, 1.165) is 0 Å². The van der Waals surface area contributed by atoms with E-state index in [9.17, 15) is 0 Å². The Balaban J connectivity index is 0.668. The van der Waals surface area contributed by atoms with E-state index in [0.29, 0.717) is 0 Å². The van der Waals surface area contributed by atoms with Crippen LogP contribution < -0.4 is 0 Å². The van der Waals surface area contributed by atoms with Crippen LogP contribution in [0.3, 0.4) is 0 Å². The van der Waals surface area contributed by atoms with Gasteiger partial charge in [-0.25, -0.2) is 0 Å².